The van der Waals surface area contributed by atoms with Gasteiger partial charge in [0, 0.05) is 19.1 Å². The van der Waals surface area contributed by atoms with Gasteiger partial charge in [0.1, 0.15) is 0 Å². The lowest BCUT2D eigenvalue weighted by Crippen LogP contribution is -2.50. The summed E-state index contributed by atoms with van der Waals surface area (Å²) in [5.41, 5.74) is 0. The SMILES string of the molecule is CC(C)CNCC1CCCCN1S(=O)(=O)CCOC(C)C. The van der Waals surface area contributed by atoms with E-state index in [0.29, 0.717) is 12.5 Å². The average molecular weight is 320 g/mol. The summed E-state index contributed by atoms with van der Waals surface area (Å²) in [4.78, 5) is 0. The number of nitrogens with one attached hydrogen (secondary N) is 1. The zero-order valence-electron chi connectivity index (χ0n) is 14.0. The standard InChI is InChI=1S/C15H32N2O3S/c1-13(2)11-16-12-15-7-5-6-8-17(15)21(18,19)10-9-20-14(3)4/h13-16H,5-12H2,1-4H3. The van der Waals surface area contributed by atoms with Crippen LogP contribution in [0.25, 0.3) is 0 Å². The van der Waals surface area contributed by atoms with Crippen LogP contribution in [0.3, 0.4) is 0 Å². The summed E-state index contributed by atoms with van der Waals surface area (Å²) >= 11 is 0. The Morgan fingerprint density at radius 3 is 2.57 bits per heavy atom. The van der Waals surface area contributed by atoms with Crippen molar-refractivity contribution < 1.29 is 13.2 Å². The Kier molecular flexibility index (Phi) is 8.16. The van der Waals surface area contributed by atoms with Gasteiger partial charge in [-0.2, -0.15) is 4.31 Å². The first-order chi connectivity index (χ1) is 9.83. The first-order valence-corrected chi connectivity index (χ1v) is 9.75. The van der Waals surface area contributed by atoms with Crippen LogP contribution < -0.4 is 5.32 Å². The van der Waals surface area contributed by atoms with E-state index in [-0.39, 0.29) is 24.5 Å². The number of sulfonamides is 1. The number of hydrogen-bond donors (Lipinski definition) is 1. The minimum Gasteiger partial charge on any atom is -0.378 e. The monoisotopic (exact) mass is 320 g/mol. The quantitative estimate of drug-likeness (QED) is 0.704. The zero-order chi connectivity index (χ0) is 15.9. The number of nitrogens with zero attached hydrogens (tertiary/aromatic N) is 1. The Morgan fingerprint density at radius 2 is 1.95 bits per heavy atom. The van der Waals surface area contributed by atoms with E-state index in [1.807, 2.05) is 13.8 Å². The van der Waals surface area contributed by atoms with Crippen molar-refractivity contribution in [3.63, 3.8) is 0 Å². The highest BCUT2D eigenvalue weighted by molar-refractivity contribution is 7.89. The van der Waals surface area contributed by atoms with Gasteiger partial charge in [0.15, 0.2) is 0 Å². The van der Waals surface area contributed by atoms with E-state index in [9.17, 15) is 8.42 Å². The summed E-state index contributed by atoms with van der Waals surface area (Å²) in [6.07, 6.45) is 3.10. The molecule has 1 aliphatic heterocycles. The normalized spacial score (nSPS) is 21.3. The maximum absolute atomic E-state index is 12.5. The molecule has 0 saturated carbocycles. The van der Waals surface area contributed by atoms with Crippen LogP contribution in [0.5, 0.6) is 0 Å². The highest BCUT2D eigenvalue weighted by Crippen LogP contribution is 2.20. The molecule has 0 aromatic carbocycles. The molecule has 0 bridgehead atoms. The van der Waals surface area contributed by atoms with E-state index in [1.54, 1.807) is 4.31 Å². The molecule has 1 saturated heterocycles. The topological polar surface area (TPSA) is 58.6 Å². The molecule has 0 aliphatic carbocycles. The average Bonchev–Trinajstić information content (AvgIpc) is 2.38. The van der Waals surface area contributed by atoms with Crippen molar-refractivity contribution in [3.8, 4) is 0 Å². The maximum Gasteiger partial charge on any atom is 0.216 e. The van der Waals surface area contributed by atoms with Crippen molar-refractivity contribution in [2.45, 2.75) is 59.1 Å². The van der Waals surface area contributed by atoms with Gasteiger partial charge in [-0.3, -0.25) is 0 Å². The second-order valence-corrected chi connectivity index (χ2v) is 8.59. The van der Waals surface area contributed by atoms with E-state index < -0.39 is 10.0 Å². The molecule has 0 spiro atoms. The molecule has 1 aliphatic rings. The van der Waals surface area contributed by atoms with E-state index in [0.717, 1.165) is 32.4 Å². The van der Waals surface area contributed by atoms with Crippen LogP contribution >= 0.6 is 0 Å². The third kappa shape index (κ3) is 7.08. The van der Waals surface area contributed by atoms with Crippen LogP contribution in [0.2, 0.25) is 0 Å². The molecule has 1 heterocycles. The fourth-order valence-corrected chi connectivity index (χ4v) is 4.17. The van der Waals surface area contributed by atoms with Crippen molar-refractivity contribution in [3.05, 3.63) is 0 Å². The van der Waals surface area contributed by atoms with Crippen LogP contribution in [0.4, 0.5) is 0 Å². The third-order valence-electron chi connectivity index (χ3n) is 3.66. The Hall–Kier alpha value is -0.170. The summed E-state index contributed by atoms with van der Waals surface area (Å²) in [7, 11) is -3.21. The predicted octanol–water partition coefficient (Wildman–Crippen LogP) is 1.84. The molecule has 1 atom stereocenters. The second-order valence-electron chi connectivity index (χ2n) is 6.55. The summed E-state index contributed by atoms with van der Waals surface area (Å²) < 4.78 is 32.1. The highest BCUT2D eigenvalue weighted by atomic mass is 32.2. The van der Waals surface area contributed by atoms with Gasteiger partial charge in [0.25, 0.3) is 0 Å². The molecule has 0 aromatic heterocycles. The molecule has 5 nitrogen and oxygen atoms in total. The van der Waals surface area contributed by atoms with Gasteiger partial charge in [-0.05, 0) is 39.2 Å². The number of rotatable bonds is 9. The van der Waals surface area contributed by atoms with Crippen LogP contribution in [0, 0.1) is 5.92 Å². The molecular weight excluding hydrogens is 288 g/mol. The molecule has 1 N–H and O–H groups in total. The Morgan fingerprint density at radius 1 is 1.24 bits per heavy atom. The van der Waals surface area contributed by atoms with Crippen LogP contribution in [0.1, 0.15) is 47.0 Å². The molecule has 21 heavy (non-hydrogen) atoms. The Bertz CT molecular complexity index is 382. The minimum absolute atomic E-state index is 0.0741. The molecule has 1 fully saturated rings. The van der Waals surface area contributed by atoms with Gasteiger partial charge in [0.05, 0.1) is 18.5 Å². The van der Waals surface area contributed by atoms with Gasteiger partial charge in [-0.1, -0.05) is 20.3 Å². The summed E-state index contributed by atoms with van der Waals surface area (Å²) in [6.45, 7) is 10.8. The highest BCUT2D eigenvalue weighted by Gasteiger charge is 2.31. The van der Waals surface area contributed by atoms with E-state index in [1.165, 1.54) is 0 Å². The number of piperidine rings is 1. The van der Waals surface area contributed by atoms with Crippen molar-refractivity contribution >= 4 is 10.0 Å². The van der Waals surface area contributed by atoms with Crippen LogP contribution in [-0.4, -0.2) is 56.9 Å². The maximum atomic E-state index is 12.5. The molecular formula is C15H32N2O3S. The first-order valence-electron chi connectivity index (χ1n) is 8.14. The van der Waals surface area contributed by atoms with E-state index in [2.05, 4.69) is 19.2 Å². The van der Waals surface area contributed by atoms with Gasteiger partial charge in [0.2, 0.25) is 10.0 Å². The number of hydrogen-bond acceptors (Lipinski definition) is 4. The predicted molar refractivity (Wildman–Crippen MR) is 86.9 cm³/mol. The minimum atomic E-state index is -3.21. The Labute approximate surface area is 130 Å². The van der Waals surface area contributed by atoms with Crippen molar-refractivity contribution in [2.24, 2.45) is 5.92 Å². The zero-order valence-corrected chi connectivity index (χ0v) is 14.8. The smallest absolute Gasteiger partial charge is 0.216 e. The fourth-order valence-electron chi connectivity index (χ4n) is 2.59. The molecule has 6 heteroatoms. The van der Waals surface area contributed by atoms with Gasteiger partial charge >= 0.3 is 0 Å². The fraction of sp³-hybridized carbons (Fsp3) is 1.00. The molecule has 1 rings (SSSR count). The Balaban J connectivity index is 2.53. The van der Waals surface area contributed by atoms with Crippen LogP contribution in [0.15, 0.2) is 0 Å². The molecule has 1 unspecified atom stereocenters. The van der Waals surface area contributed by atoms with Crippen LogP contribution in [-0.2, 0) is 14.8 Å². The lowest BCUT2D eigenvalue weighted by atomic mass is 10.0. The van der Waals surface area contributed by atoms with Crippen molar-refractivity contribution in [1.29, 1.82) is 0 Å². The van der Waals surface area contributed by atoms with Gasteiger partial charge in [-0.15, -0.1) is 0 Å². The first kappa shape index (κ1) is 18.9. The molecule has 0 radical (unpaired) electrons. The van der Waals surface area contributed by atoms with Gasteiger partial charge in [-0.25, -0.2) is 8.42 Å². The van der Waals surface area contributed by atoms with Gasteiger partial charge < -0.3 is 10.1 Å². The lowest BCUT2D eigenvalue weighted by molar-refractivity contribution is 0.0902. The summed E-state index contributed by atoms with van der Waals surface area (Å²) in [5.74, 6) is 0.671. The number of ether oxygens (including phenoxy) is 1. The second kappa shape index (κ2) is 9.08. The molecule has 126 valence electrons. The third-order valence-corrected chi connectivity index (χ3v) is 5.53. The van der Waals surface area contributed by atoms with E-state index >= 15 is 0 Å². The molecule has 0 amide bonds. The summed E-state index contributed by atoms with van der Waals surface area (Å²) in [5, 5.41) is 3.39. The van der Waals surface area contributed by atoms with Crippen molar-refractivity contribution in [1.82, 2.24) is 9.62 Å². The van der Waals surface area contributed by atoms with E-state index in [4.69, 9.17) is 4.74 Å². The largest absolute Gasteiger partial charge is 0.378 e. The summed E-state index contributed by atoms with van der Waals surface area (Å²) in [6, 6.07) is 0.0987. The van der Waals surface area contributed by atoms with Crippen molar-refractivity contribution in [2.75, 3.05) is 32.0 Å². The molecule has 0 aromatic rings. The lowest BCUT2D eigenvalue weighted by Gasteiger charge is -2.35.